The summed E-state index contributed by atoms with van der Waals surface area (Å²) in [4.78, 5) is 0. The first-order valence-corrected chi connectivity index (χ1v) is 14.4. The molecule has 0 radical (unpaired) electrons. The number of benzene rings is 5. The fourth-order valence-corrected chi connectivity index (χ4v) is 4.06. The summed E-state index contributed by atoms with van der Waals surface area (Å²) in [5.41, 5.74) is 0.931. The molecular formula is C42H12F10. The minimum absolute atomic E-state index is 0.453. The van der Waals surface area contributed by atoms with E-state index in [0.29, 0.717) is 33.4 Å². The molecule has 0 heterocycles. The lowest BCUT2D eigenvalue weighted by Crippen LogP contribution is -2.04. The van der Waals surface area contributed by atoms with Crippen LogP contribution in [0.25, 0.3) is 0 Å². The quantitative estimate of drug-likeness (QED) is 0.0655. The van der Waals surface area contributed by atoms with Crippen molar-refractivity contribution in [3.63, 3.8) is 0 Å². The molecule has 0 spiro atoms. The van der Waals surface area contributed by atoms with Crippen LogP contribution >= 0.6 is 0 Å². The summed E-state index contributed by atoms with van der Waals surface area (Å²) in [5.74, 6) is 8.55. The van der Waals surface area contributed by atoms with Gasteiger partial charge in [-0.25, -0.2) is 43.9 Å². The summed E-state index contributed by atoms with van der Waals surface area (Å²) in [6.07, 6.45) is 0. The second kappa shape index (κ2) is 16.0. The molecule has 0 saturated carbocycles. The predicted octanol–water partition coefficient (Wildman–Crippen LogP) is 8.68. The van der Waals surface area contributed by atoms with Crippen LogP contribution < -0.4 is 0 Å². The van der Waals surface area contributed by atoms with Crippen molar-refractivity contribution in [2.45, 2.75) is 0 Å². The van der Waals surface area contributed by atoms with E-state index >= 15 is 0 Å². The van der Waals surface area contributed by atoms with Crippen molar-refractivity contribution in [2.24, 2.45) is 0 Å². The van der Waals surface area contributed by atoms with Gasteiger partial charge >= 0.3 is 0 Å². The van der Waals surface area contributed by atoms with Crippen LogP contribution in [-0.2, 0) is 0 Å². The normalized spacial score (nSPS) is 9.58. The number of hydrogen-bond acceptors (Lipinski definition) is 0. The first-order chi connectivity index (χ1) is 24.9. The Morgan fingerprint density at radius 2 is 0.500 bits per heavy atom. The Kier molecular flexibility index (Phi) is 11.1. The summed E-state index contributed by atoms with van der Waals surface area (Å²) < 4.78 is 134. The smallest absolute Gasteiger partial charge is 0.200 e. The molecule has 0 fully saturated rings. The van der Waals surface area contributed by atoms with E-state index in [0.717, 1.165) is 0 Å². The Hall–Kier alpha value is -7.24. The van der Waals surface area contributed by atoms with Crippen LogP contribution in [-0.4, -0.2) is 0 Å². The predicted molar refractivity (Wildman–Crippen MR) is 171 cm³/mol. The van der Waals surface area contributed by atoms with Crippen molar-refractivity contribution in [3.8, 4) is 71.0 Å². The summed E-state index contributed by atoms with van der Waals surface area (Å²) in [5, 5.41) is 0. The first-order valence-electron chi connectivity index (χ1n) is 14.4. The van der Waals surface area contributed by atoms with Gasteiger partial charge < -0.3 is 0 Å². The molecule has 0 N–H and O–H groups in total. The molecule has 0 saturated heterocycles. The third-order valence-electron chi connectivity index (χ3n) is 6.67. The molecular weight excluding hydrogens is 694 g/mol. The van der Waals surface area contributed by atoms with E-state index in [-0.39, 0.29) is 0 Å². The largest absolute Gasteiger partial charge is 0.202 e. The Labute approximate surface area is 290 Å². The minimum atomic E-state index is -2.27. The molecule has 0 nitrogen and oxygen atoms in total. The lowest BCUT2D eigenvalue weighted by molar-refractivity contribution is 0.376. The van der Waals surface area contributed by atoms with E-state index < -0.39 is 69.3 Å². The van der Waals surface area contributed by atoms with Crippen LogP contribution in [0.4, 0.5) is 43.9 Å². The van der Waals surface area contributed by atoms with Crippen molar-refractivity contribution >= 4 is 0 Å². The average Bonchev–Trinajstić information content (AvgIpc) is 3.16. The van der Waals surface area contributed by atoms with Gasteiger partial charge in [-0.1, -0.05) is 41.6 Å². The van der Waals surface area contributed by atoms with Crippen molar-refractivity contribution < 1.29 is 43.9 Å². The van der Waals surface area contributed by atoms with Gasteiger partial charge in [-0.05, 0) is 102 Å². The molecule has 5 aromatic rings. The van der Waals surface area contributed by atoms with Crippen molar-refractivity contribution in [1.29, 1.82) is 0 Å². The highest BCUT2D eigenvalue weighted by molar-refractivity contribution is 5.52. The maximum absolute atomic E-state index is 13.7. The fraction of sp³-hybridized carbons (Fsp3) is 0. The Morgan fingerprint density at radius 1 is 0.250 bits per heavy atom. The molecule has 5 aromatic carbocycles. The second-order valence-corrected chi connectivity index (χ2v) is 10.1. The van der Waals surface area contributed by atoms with Crippen LogP contribution in [0.3, 0.4) is 0 Å². The van der Waals surface area contributed by atoms with Crippen molar-refractivity contribution in [1.82, 2.24) is 0 Å². The van der Waals surface area contributed by atoms with Crippen LogP contribution in [0.2, 0.25) is 0 Å². The summed E-state index contributed by atoms with van der Waals surface area (Å²) >= 11 is 0. The van der Waals surface area contributed by atoms with Crippen LogP contribution in [0.5, 0.6) is 0 Å². The molecule has 0 aliphatic heterocycles. The molecule has 0 unspecified atom stereocenters. The SMILES string of the molecule is Fc1c(F)c(F)c(C#CC#Cc2ccc(C#Cc3cccc(C#Cc4ccc(C#CC#Cc5c(F)c(F)c(F)c(F)c5F)cc4)c3)cc2)c(F)c1F. The van der Waals surface area contributed by atoms with Gasteiger partial charge in [-0.2, -0.15) is 0 Å². The topological polar surface area (TPSA) is 0 Å². The van der Waals surface area contributed by atoms with Gasteiger partial charge in [0.15, 0.2) is 46.5 Å². The van der Waals surface area contributed by atoms with E-state index in [2.05, 4.69) is 59.2 Å². The highest BCUT2D eigenvalue weighted by atomic mass is 19.2. The van der Waals surface area contributed by atoms with Crippen LogP contribution in [0.1, 0.15) is 44.5 Å². The van der Waals surface area contributed by atoms with Crippen molar-refractivity contribution in [3.05, 3.63) is 175 Å². The highest BCUT2D eigenvalue weighted by Gasteiger charge is 2.25. The van der Waals surface area contributed by atoms with Crippen LogP contribution in [0, 0.1) is 129 Å². The fourth-order valence-electron chi connectivity index (χ4n) is 4.06. The molecule has 10 heteroatoms. The van der Waals surface area contributed by atoms with E-state index in [1.165, 1.54) is 0 Å². The number of rotatable bonds is 0. The summed E-state index contributed by atoms with van der Waals surface area (Å²) in [7, 11) is 0. The zero-order chi connectivity index (χ0) is 37.4. The van der Waals surface area contributed by atoms with Gasteiger partial charge in [0.2, 0.25) is 11.6 Å². The maximum Gasteiger partial charge on any atom is 0.200 e. The average molecular weight is 707 g/mol. The van der Waals surface area contributed by atoms with Gasteiger partial charge in [0.1, 0.15) is 11.1 Å². The molecule has 0 aliphatic carbocycles. The van der Waals surface area contributed by atoms with Gasteiger partial charge in [0.25, 0.3) is 0 Å². The van der Waals surface area contributed by atoms with Crippen molar-refractivity contribution in [2.75, 3.05) is 0 Å². The molecule has 0 atom stereocenters. The highest BCUT2D eigenvalue weighted by Crippen LogP contribution is 2.23. The minimum Gasteiger partial charge on any atom is -0.202 e. The molecule has 0 aromatic heterocycles. The van der Waals surface area contributed by atoms with E-state index in [1.807, 2.05) is 11.8 Å². The zero-order valence-corrected chi connectivity index (χ0v) is 25.7. The van der Waals surface area contributed by atoms with Gasteiger partial charge in [0, 0.05) is 33.4 Å². The molecule has 52 heavy (non-hydrogen) atoms. The van der Waals surface area contributed by atoms with E-state index in [1.54, 1.807) is 72.8 Å². The van der Waals surface area contributed by atoms with E-state index in [9.17, 15) is 43.9 Å². The number of hydrogen-bond donors (Lipinski definition) is 0. The maximum atomic E-state index is 13.7. The molecule has 5 rings (SSSR count). The van der Waals surface area contributed by atoms with Crippen LogP contribution in [0.15, 0.2) is 72.8 Å². The first kappa shape index (κ1) is 36.1. The number of halogens is 10. The Bertz CT molecular complexity index is 2400. The molecule has 250 valence electrons. The summed E-state index contributed by atoms with van der Waals surface area (Å²) in [6, 6.07) is 20.1. The Morgan fingerprint density at radius 3 is 0.827 bits per heavy atom. The second-order valence-electron chi connectivity index (χ2n) is 10.1. The molecule has 0 amide bonds. The lowest BCUT2D eigenvalue weighted by atomic mass is 10.1. The standard InChI is InChI=1S/C42H12F10/c43-33-31(34(44)38(48)41(51)37(33)47)10-3-1-6-25-12-16-27(17-13-25)20-22-29-8-5-9-30(24-29)23-21-28-18-14-26(15-19-28)7-2-4-11-32-35(45)39(49)42(52)40(50)36(32)46/h5,8-9,12-19,24H. The van der Waals surface area contributed by atoms with E-state index in [4.69, 9.17) is 0 Å². The monoisotopic (exact) mass is 706 g/mol. The van der Waals surface area contributed by atoms with Gasteiger partial charge in [-0.3, -0.25) is 0 Å². The summed E-state index contributed by atoms with van der Waals surface area (Å²) in [6.45, 7) is 0. The lowest BCUT2D eigenvalue weighted by Gasteiger charge is -2.01. The third kappa shape index (κ3) is 8.30. The molecule has 0 aliphatic rings. The zero-order valence-electron chi connectivity index (χ0n) is 25.7. The Balaban J connectivity index is 1.21. The molecule has 0 bridgehead atoms. The van der Waals surface area contributed by atoms with Gasteiger partial charge in [0.05, 0.1) is 0 Å². The third-order valence-corrected chi connectivity index (χ3v) is 6.67. The van der Waals surface area contributed by atoms with Gasteiger partial charge in [-0.15, -0.1) is 0 Å².